The quantitative estimate of drug-likeness (QED) is 0.930. The number of methoxy groups -OCH3 is 1. The van der Waals surface area contributed by atoms with Crippen LogP contribution in [0.2, 0.25) is 0 Å². The summed E-state index contributed by atoms with van der Waals surface area (Å²) in [7, 11) is 1.61. The van der Waals surface area contributed by atoms with Gasteiger partial charge in [-0.15, -0.1) is 0 Å². The van der Waals surface area contributed by atoms with Crippen LogP contribution >= 0.6 is 0 Å². The highest BCUT2D eigenvalue weighted by molar-refractivity contribution is 6.00. The Morgan fingerprint density at radius 2 is 1.82 bits per heavy atom. The normalized spacial score (nSPS) is 15.7. The number of anilines is 1. The number of ether oxygens (including phenoxy) is 1. The van der Waals surface area contributed by atoms with Crippen LogP contribution in [0.1, 0.15) is 24.8 Å². The molecule has 114 valence electrons. The van der Waals surface area contributed by atoms with Crippen molar-refractivity contribution >= 4 is 11.6 Å². The third kappa shape index (κ3) is 2.45. The van der Waals surface area contributed by atoms with Gasteiger partial charge in [0.1, 0.15) is 11.6 Å². The topological polar surface area (TPSA) is 38.3 Å². The van der Waals surface area contributed by atoms with Crippen molar-refractivity contribution in [2.45, 2.75) is 24.7 Å². The van der Waals surface area contributed by atoms with Crippen molar-refractivity contribution in [2.75, 3.05) is 12.4 Å². The fourth-order valence-corrected chi connectivity index (χ4v) is 2.97. The molecule has 1 aliphatic carbocycles. The Kier molecular flexibility index (Phi) is 3.84. The number of nitrogens with one attached hydrogen (secondary N) is 1. The first-order valence-electron chi connectivity index (χ1n) is 7.36. The Labute approximate surface area is 129 Å². The number of para-hydroxylation sites is 1. The summed E-state index contributed by atoms with van der Waals surface area (Å²) in [5, 5.41) is 2.90. The zero-order valence-corrected chi connectivity index (χ0v) is 12.4. The van der Waals surface area contributed by atoms with Crippen molar-refractivity contribution in [1.29, 1.82) is 0 Å². The fourth-order valence-electron chi connectivity index (χ4n) is 2.97. The third-order valence-electron chi connectivity index (χ3n) is 4.37. The molecule has 0 aromatic heterocycles. The van der Waals surface area contributed by atoms with Crippen LogP contribution < -0.4 is 10.1 Å². The van der Waals surface area contributed by atoms with Gasteiger partial charge in [-0.3, -0.25) is 4.79 Å². The Hall–Kier alpha value is -2.36. The average molecular weight is 299 g/mol. The number of hydrogen-bond donors (Lipinski definition) is 1. The zero-order chi connectivity index (χ0) is 15.6. The first kappa shape index (κ1) is 14.6. The number of amides is 1. The van der Waals surface area contributed by atoms with E-state index in [0.717, 1.165) is 30.6 Å². The highest BCUT2D eigenvalue weighted by atomic mass is 19.1. The molecule has 2 aromatic carbocycles. The maximum Gasteiger partial charge on any atom is 0.235 e. The molecule has 1 fully saturated rings. The second-order valence-electron chi connectivity index (χ2n) is 5.60. The lowest BCUT2D eigenvalue weighted by Gasteiger charge is -2.41. The van der Waals surface area contributed by atoms with Crippen LogP contribution in [0.3, 0.4) is 0 Å². The summed E-state index contributed by atoms with van der Waals surface area (Å²) >= 11 is 0. The monoisotopic (exact) mass is 299 g/mol. The molecule has 22 heavy (non-hydrogen) atoms. The first-order chi connectivity index (χ1) is 10.7. The van der Waals surface area contributed by atoms with E-state index < -0.39 is 5.41 Å². The molecule has 0 saturated heterocycles. The molecule has 4 heteroatoms. The maximum atomic E-state index is 13.0. The van der Waals surface area contributed by atoms with E-state index in [2.05, 4.69) is 5.32 Å². The van der Waals surface area contributed by atoms with Crippen molar-refractivity contribution in [1.82, 2.24) is 0 Å². The van der Waals surface area contributed by atoms with Crippen molar-refractivity contribution < 1.29 is 13.9 Å². The van der Waals surface area contributed by atoms with Gasteiger partial charge in [0.15, 0.2) is 0 Å². The molecule has 3 nitrogen and oxygen atoms in total. The van der Waals surface area contributed by atoms with Gasteiger partial charge in [0.25, 0.3) is 0 Å². The first-order valence-corrected chi connectivity index (χ1v) is 7.36. The smallest absolute Gasteiger partial charge is 0.235 e. The molecule has 0 aliphatic heterocycles. The second-order valence-corrected chi connectivity index (χ2v) is 5.60. The summed E-state index contributed by atoms with van der Waals surface area (Å²) in [5.74, 6) is 0.354. The number of carbonyl (C=O) groups excluding carboxylic acids is 1. The molecule has 1 saturated carbocycles. The van der Waals surface area contributed by atoms with Crippen molar-refractivity contribution in [3.63, 3.8) is 0 Å². The standard InChI is InChI=1S/C18H18FNO2/c1-22-16-6-3-2-5-15(16)18(11-4-12-18)17(21)20-14-9-7-13(19)8-10-14/h2-3,5-10H,4,11-12H2,1H3,(H,20,21). The SMILES string of the molecule is COc1ccccc1C1(C(=O)Nc2ccc(F)cc2)CCC1. The highest BCUT2D eigenvalue weighted by Crippen LogP contribution is 2.47. The molecule has 0 bridgehead atoms. The van der Waals surface area contributed by atoms with Crippen LogP contribution in [0.5, 0.6) is 5.75 Å². The van der Waals surface area contributed by atoms with Crippen LogP contribution in [0.25, 0.3) is 0 Å². The lowest BCUT2D eigenvalue weighted by molar-refractivity contribution is -0.124. The molecule has 0 heterocycles. The van der Waals surface area contributed by atoms with Gasteiger partial charge in [-0.05, 0) is 43.2 Å². The van der Waals surface area contributed by atoms with Gasteiger partial charge in [-0.2, -0.15) is 0 Å². The van der Waals surface area contributed by atoms with Crippen LogP contribution in [0.15, 0.2) is 48.5 Å². The Bertz CT molecular complexity index is 678. The number of hydrogen-bond acceptors (Lipinski definition) is 2. The third-order valence-corrected chi connectivity index (χ3v) is 4.37. The van der Waals surface area contributed by atoms with Gasteiger partial charge in [-0.1, -0.05) is 24.6 Å². The van der Waals surface area contributed by atoms with Crippen LogP contribution in [0.4, 0.5) is 10.1 Å². The molecular weight excluding hydrogens is 281 g/mol. The van der Waals surface area contributed by atoms with E-state index in [9.17, 15) is 9.18 Å². The lowest BCUT2D eigenvalue weighted by Crippen LogP contribution is -2.46. The average Bonchev–Trinajstić information content (AvgIpc) is 2.49. The second kappa shape index (κ2) is 5.79. The minimum atomic E-state index is -0.555. The van der Waals surface area contributed by atoms with Gasteiger partial charge < -0.3 is 10.1 Å². The molecular formula is C18H18FNO2. The minimum Gasteiger partial charge on any atom is -0.496 e. The van der Waals surface area contributed by atoms with E-state index >= 15 is 0 Å². The summed E-state index contributed by atoms with van der Waals surface area (Å²) < 4.78 is 18.4. The summed E-state index contributed by atoms with van der Waals surface area (Å²) in [6.45, 7) is 0. The molecule has 3 rings (SSSR count). The summed E-state index contributed by atoms with van der Waals surface area (Å²) in [6.07, 6.45) is 2.59. The van der Waals surface area contributed by atoms with E-state index in [-0.39, 0.29) is 11.7 Å². The van der Waals surface area contributed by atoms with Gasteiger partial charge in [0, 0.05) is 11.3 Å². The maximum absolute atomic E-state index is 13.0. The Morgan fingerprint density at radius 1 is 1.14 bits per heavy atom. The lowest BCUT2D eigenvalue weighted by atomic mass is 9.63. The van der Waals surface area contributed by atoms with E-state index in [4.69, 9.17) is 4.74 Å². The minimum absolute atomic E-state index is 0.0603. The van der Waals surface area contributed by atoms with Gasteiger partial charge in [0.2, 0.25) is 5.91 Å². The predicted octanol–water partition coefficient (Wildman–Crippen LogP) is 3.89. The number of rotatable bonds is 4. The number of halogens is 1. The zero-order valence-electron chi connectivity index (χ0n) is 12.4. The molecule has 2 aromatic rings. The molecule has 0 spiro atoms. The largest absolute Gasteiger partial charge is 0.496 e. The van der Waals surface area contributed by atoms with Crippen LogP contribution in [0, 0.1) is 5.82 Å². The molecule has 0 unspecified atom stereocenters. The van der Waals surface area contributed by atoms with Crippen molar-refractivity contribution in [3.05, 3.63) is 59.9 Å². The molecule has 0 radical (unpaired) electrons. The van der Waals surface area contributed by atoms with Gasteiger partial charge >= 0.3 is 0 Å². The fraction of sp³-hybridized carbons (Fsp3) is 0.278. The Balaban J connectivity index is 1.89. The highest BCUT2D eigenvalue weighted by Gasteiger charge is 2.47. The van der Waals surface area contributed by atoms with Crippen LogP contribution in [-0.2, 0) is 10.2 Å². The summed E-state index contributed by atoms with van der Waals surface area (Å²) in [4.78, 5) is 12.8. The predicted molar refractivity (Wildman–Crippen MR) is 83.6 cm³/mol. The van der Waals surface area contributed by atoms with Crippen molar-refractivity contribution in [2.24, 2.45) is 0 Å². The van der Waals surface area contributed by atoms with Gasteiger partial charge in [0.05, 0.1) is 12.5 Å². The van der Waals surface area contributed by atoms with E-state index in [1.54, 1.807) is 19.2 Å². The van der Waals surface area contributed by atoms with Crippen LogP contribution in [-0.4, -0.2) is 13.0 Å². The summed E-state index contributed by atoms with van der Waals surface area (Å²) in [6, 6.07) is 13.5. The van der Waals surface area contributed by atoms with E-state index in [1.807, 2.05) is 24.3 Å². The molecule has 1 amide bonds. The van der Waals surface area contributed by atoms with E-state index in [1.165, 1.54) is 12.1 Å². The molecule has 0 atom stereocenters. The van der Waals surface area contributed by atoms with E-state index in [0.29, 0.717) is 5.69 Å². The molecule has 1 N–H and O–H groups in total. The number of benzene rings is 2. The molecule has 1 aliphatic rings. The Morgan fingerprint density at radius 3 is 2.41 bits per heavy atom. The summed E-state index contributed by atoms with van der Waals surface area (Å²) in [5.41, 5.74) is 0.969. The number of carbonyl (C=O) groups is 1. The van der Waals surface area contributed by atoms with Gasteiger partial charge in [-0.25, -0.2) is 4.39 Å². The van der Waals surface area contributed by atoms with Crippen molar-refractivity contribution in [3.8, 4) is 5.75 Å².